The van der Waals surface area contributed by atoms with E-state index < -0.39 is 0 Å². The maximum Gasteiger partial charge on any atom is 1.00 e. The van der Waals surface area contributed by atoms with Gasteiger partial charge in [-0.15, -0.1) is 0 Å². The van der Waals surface area contributed by atoms with Gasteiger partial charge in [-0.2, -0.15) is 6.92 Å². The van der Waals surface area contributed by atoms with E-state index in [0.717, 1.165) is 22.6 Å². The summed E-state index contributed by atoms with van der Waals surface area (Å²) in [7, 11) is 0. The fourth-order valence-electron chi connectivity index (χ4n) is 1.46. The van der Waals surface area contributed by atoms with E-state index in [1.54, 1.807) is 6.61 Å². The molecule has 0 saturated heterocycles. The van der Waals surface area contributed by atoms with Crippen molar-refractivity contribution in [2.45, 2.75) is 39.5 Å². The van der Waals surface area contributed by atoms with Gasteiger partial charge in [0.05, 0.1) is 0 Å². The molecule has 17 heavy (non-hydrogen) atoms. The fraction of sp³-hybridized carbons (Fsp3) is 0.462. The van der Waals surface area contributed by atoms with E-state index in [4.69, 9.17) is 4.74 Å². The molecule has 0 bridgehead atoms. The Hall–Kier alpha value is 1.13. The average Bonchev–Trinajstić information content (AvgIpc) is 2.19. The van der Waals surface area contributed by atoms with Crippen LogP contribution in [0.3, 0.4) is 0 Å². The van der Waals surface area contributed by atoms with Crippen LogP contribution in [0.15, 0.2) is 17.0 Å². The Labute approximate surface area is 152 Å². The van der Waals surface area contributed by atoms with Gasteiger partial charge in [-0.25, -0.2) is 18.6 Å². The molecule has 0 unspecified atom stereocenters. The molecule has 0 saturated carbocycles. The van der Waals surface area contributed by atoms with Gasteiger partial charge < -0.3 is 9.29 Å². The monoisotopic (exact) mass is 279 g/mol. The number of benzene rings is 1. The summed E-state index contributed by atoms with van der Waals surface area (Å²) in [4.78, 5) is 0.871. The molecule has 0 aliphatic carbocycles. The fourth-order valence-corrected chi connectivity index (χ4v) is 1.85. The van der Waals surface area contributed by atoms with Crippen molar-refractivity contribution in [3.63, 3.8) is 0 Å². The van der Waals surface area contributed by atoms with Crippen LogP contribution in [0.4, 0.5) is 0 Å². The van der Waals surface area contributed by atoms with Gasteiger partial charge in [0.25, 0.3) is 0 Å². The third kappa shape index (κ3) is 8.78. The molecule has 0 aliphatic heterocycles. The molecule has 0 aliphatic rings. The maximum absolute atomic E-state index is 10.6. The van der Waals surface area contributed by atoms with Crippen LogP contribution in [0.25, 0.3) is 0 Å². The zero-order valence-electron chi connectivity index (χ0n) is 11.7. The van der Waals surface area contributed by atoms with Gasteiger partial charge in [0.1, 0.15) is 0 Å². The molecule has 4 heteroatoms. The molecule has 0 spiro atoms. The molecule has 0 aromatic heterocycles. The Morgan fingerprint density at radius 3 is 1.94 bits per heavy atom. The molecule has 1 rings (SSSR count). The second-order valence-corrected chi connectivity index (χ2v) is 4.08. The molecular formula is C13H20KO2S-. The molecule has 0 amide bonds. The SMILES string of the molecule is C[CH-]OCC.Cc1cc(C)c(S[O-])c(C)c1.[K+]. The van der Waals surface area contributed by atoms with Crippen molar-refractivity contribution >= 4 is 12.0 Å². The van der Waals surface area contributed by atoms with Crippen molar-refractivity contribution < 1.29 is 60.7 Å². The number of aryl methyl sites for hydroxylation is 3. The van der Waals surface area contributed by atoms with Crippen LogP contribution in [0.2, 0.25) is 0 Å². The molecule has 1 aromatic carbocycles. The molecule has 0 N–H and O–H groups in total. The van der Waals surface area contributed by atoms with E-state index in [1.165, 1.54) is 5.56 Å². The zero-order chi connectivity index (χ0) is 12.6. The summed E-state index contributed by atoms with van der Waals surface area (Å²) >= 11 is 0.581. The third-order valence-electron chi connectivity index (χ3n) is 2.02. The van der Waals surface area contributed by atoms with Gasteiger partial charge >= 0.3 is 51.4 Å². The first-order valence-electron chi connectivity index (χ1n) is 5.33. The second kappa shape index (κ2) is 12.2. The largest absolute Gasteiger partial charge is 1.00 e. The number of rotatable bonds is 3. The van der Waals surface area contributed by atoms with Crippen molar-refractivity contribution in [3.8, 4) is 0 Å². The minimum atomic E-state index is 0. The topological polar surface area (TPSA) is 32.3 Å². The molecule has 1 aromatic rings. The van der Waals surface area contributed by atoms with Crippen LogP contribution in [0, 0.1) is 27.4 Å². The van der Waals surface area contributed by atoms with Crippen molar-refractivity contribution in [2.24, 2.45) is 0 Å². The summed E-state index contributed by atoms with van der Waals surface area (Å²) in [5.41, 5.74) is 3.39. The predicted molar refractivity (Wildman–Crippen MR) is 68.9 cm³/mol. The zero-order valence-corrected chi connectivity index (χ0v) is 15.6. The summed E-state index contributed by atoms with van der Waals surface area (Å²) in [6.45, 7) is 12.3. The summed E-state index contributed by atoms with van der Waals surface area (Å²) < 4.78 is 15.3. The first-order valence-corrected chi connectivity index (χ1v) is 6.08. The van der Waals surface area contributed by atoms with Crippen LogP contribution in [-0.4, -0.2) is 11.2 Å². The number of hydrogen-bond donors (Lipinski definition) is 0. The van der Waals surface area contributed by atoms with Crippen molar-refractivity contribution in [2.75, 3.05) is 6.61 Å². The van der Waals surface area contributed by atoms with Crippen molar-refractivity contribution in [1.29, 1.82) is 0 Å². The van der Waals surface area contributed by atoms with E-state index in [-0.39, 0.29) is 51.4 Å². The van der Waals surface area contributed by atoms with E-state index >= 15 is 0 Å². The molecule has 0 radical (unpaired) electrons. The first kappa shape index (κ1) is 20.4. The van der Waals surface area contributed by atoms with Gasteiger partial charge in [0, 0.05) is 6.61 Å². The summed E-state index contributed by atoms with van der Waals surface area (Å²) in [6.07, 6.45) is 0. The van der Waals surface area contributed by atoms with Crippen LogP contribution < -0.4 is 51.4 Å². The van der Waals surface area contributed by atoms with Crippen LogP contribution >= 0.6 is 12.0 Å². The standard InChI is InChI=1S/C9H12OS.C4H9O.K/c1-6-4-7(2)9(11-10)8(3)5-6;1-3-5-4-2;/h4-5,10H,1-3H3;3H,4H2,1-2H3;/q;-1;+1/p-1. The Bertz CT molecular complexity index is 291. The summed E-state index contributed by atoms with van der Waals surface area (Å²) in [6, 6.07) is 4.07. The quantitative estimate of drug-likeness (QED) is 0.471. The molecule has 92 valence electrons. The maximum atomic E-state index is 10.6. The smallest absolute Gasteiger partial charge is 0.795 e. The molecule has 0 heterocycles. The van der Waals surface area contributed by atoms with Gasteiger partial charge in [-0.1, -0.05) is 17.7 Å². The van der Waals surface area contributed by atoms with Gasteiger partial charge in [-0.05, 0) is 43.7 Å². The Kier molecular flexibility index (Phi) is 14.6. The van der Waals surface area contributed by atoms with E-state index in [2.05, 4.69) is 0 Å². The Balaban J connectivity index is 0. The summed E-state index contributed by atoms with van der Waals surface area (Å²) in [5.74, 6) is 0. The first-order chi connectivity index (χ1) is 7.56. The van der Waals surface area contributed by atoms with E-state index in [0.29, 0.717) is 12.0 Å². The number of hydrogen-bond acceptors (Lipinski definition) is 3. The van der Waals surface area contributed by atoms with E-state index in [9.17, 15) is 4.55 Å². The van der Waals surface area contributed by atoms with Crippen molar-refractivity contribution in [3.05, 3.63) is 35.4 Å². The average molecular weight is 279 g/mol. The van der Waals surface area contributed by atoms with Gasteiger partial charge in [0.15, 0.2) is 0 Å². The van der Waals surface area contributed by atoms with Gasteiger partial charge in [0.2, 0.25) is 0 Å². The van der Waals surface area contributed by atoms with Crippen LogP contribution in [0.5, 0.6) is 0 Å². The molecule has 0 fully saturated rings. The Morgan fingerprint density at radius 1 is 1.24 bits per heavy atom. The molecule has 2 nitrogen and oxygen atoms in total. The summed E-state index contributed by atoms with van der Waals surface area (Å²) in [5, 5.41) is 0. The minimum Gasteiger partial charge on any atom is -0.795 e. The second-order valence-electron chi connectivity index (χ2n) is 3.50. The molecule has 0 atom stereocenters. The third-order valence-corrected chi connectivity index (χ3v) is 2.83. The van der Waals surface area contributed by atoms with Crippen LogP contribution in [0.1, 0.15) is 30.5 Å². The normalized spacial score (nSPS) is 9.06. The minimum absolute atomic E-state index is 0. The predicted octanol–water partition coefficient (Wildman–Crippen LogP) is 1.04. The number of ether oxygens (including phenoxy) is 1. The molecular weight excluding hydrogens is 259 g/mol. The van der Waals surface area contributed by atoms with Crippen molar-refractivity contribution in [1.82, 2.24) is 0 Å². The van der Waals surface area contributed by atoms with Crippen LogP contribution in [-0.2, 0) is 4.74 Å². The Morgan fingerprint density at radius 2 is 1.71 bits per heavy atom. The van der Waals surface area contributed by atoms with E-state index in [1.807, 2.05) is 46.8 Å². The van der Waals surface area contributed by atoms with Gasteiger partial charge in [-0.3, -0.25) is 0 Å².